The van der Waals surface area contributed by atoms with Gasteiger partial charge in [0, 0.05) is 10.4 Å². The normalized spacial score (nSPS) is 10.9. The van der Waals surface area contributed by atoms with Crippen LogP contribution in [0.3, 0.4) is 0 Å². The summed E-state index contributed by atoms with van der Waals surface area (Å²) in [7, 11) is 2.97. The van der Waals surface area contributed by atoms with Crippen molar-refractivity contribution < 1.29 is 23.8 Å². The van der Waals surface area contributed by atoms with Crippen molar-refractivity contribution in [2.24, 2.45) is 0 Å². The van der Waals surface area contributed by atoms with E-state index in [4.69, 9.17) is 25.8 Å². The number of ketones is 1. The molecule has 164 valence electrons. The topological polar surface area (TPSA) is 79.7 Å². The first kappa shape index (κ1) is 21.9. The van der Waals surface area contributed by atoms with Crippen LogP contribution in [-0.4, -0.2) is 42.4 Å². The molecule has 0 N–H and O–H groups in total. The number of hydrogen-bond donors (Lipinski definition) is 0. The SMILES string of the molecule is COc1ccc(OC)c(C(=O)COC(=O)c2cc3c(C)nn(-c4ccc(Cl)cc4)c3s2)c1. The Hall–Kier alpha value is -3.36. The number of benzene rings is 2. The third-order valence-corrected chi connectivity index (χ3v) is 6.20. The number of methoxy groups -OCH3 is 2. The summed E-state index contributed by atoms with van der Waals surface area (Å²) in [5.41, 5.74) is 1.89. The average molecular weight is 471 g/mol. The van der Waals surface area contributed by atoms with E-state index in [1.807, 2.05) is 19.1 Å². The van der Waals surface area contributed by atoms with Crippen LogP contribution in [0.25, 0.3) is 15.9 Å². The molecule has 0 aliphatic carbocycles. The van der Waals surface area contributed by atoms with Gasteiger partial charge in [-0.2, -0.15) is 5.10 Å². The molecule has 4 aromatic rings. The molecule has 0 saturated heterocycles. The monoisotopic (exact) mass is 470 g/mol. The van der Waals surface area contributed by atoms with E-state index < -0.39 is 18.4 Å². The zero-order chi connectivity index (χ0) is 22.8. The number of hydrogen-bond acceptors (Lipinski definition) is 7. The molecule has 0 unspecified atom stereocenters. The van der Waals surface area contributed by atoms with E-state index in [9.17, 15) is 9.59 Å². The molecule has 32 heavy (non-hydrogen) atoms. The molecule has 0 aliphatic heterocycles. The van der Waals surface area contributed by atoms with E-state index in [0.29, 0.717) is 21.4 Å². The van der Waals surface area contributed by atoms with Crippen LogP contribution in [0.4, 0.5) is 0 Å². The summed E-state index contributed by atoms with van der Waals surface area (Å²) < 4.78 is 17.4. The van der Waals surface area contributed by atoms with Crippen LogP contribution in [0, 0.1) is 6.92 Å². The van der Waals surface area contributed by atoms with Gasteiger partial charge < -0.3 is 14.2 Å². The van der Waals surface area contributed by atoms with Gasteiger partial charge >= 0.3 is 5.97 Å². The molecule has 9 heteroatoms. The number of fused-ring (bicyclic) bond motifs is 1. The van der Waals surface area contributed by atoms with Gasteiger partial charge in [-0.25, -0.2) is 9.48 Å². The summed E-state index contributed by atoms with van der Waals surface area (Å²) in [6.45, 7) is 1.45. The highest BCUT2D eigenvalue weighted by Crippen LogP contribution is 2.31. The predicted molar refractivity (Wildman–Crippen MR) is 123 cm³/mol. The van der Waals surface area contributed by atoms with E-state index in [-0.39, 0.29) is 5.56 Å². The molecule has 0 bridgehead atoms. The van der Waals surface area contributed by atoms with Crippen LogP contribution in [0.15, 0.2) is 48.5 Å². The van der Waals surface area contributed by atoms with Crippen molar-refractivity contribution in [2.45, 2.75) is 6.92 Å². The fourth-order valence-electron chi connectivity index (χ4n) is 3.22. The third kappa shape index (κ3) is 4.19. The maximum Gasteiger partial charge on any atom is 0.348 e. The molecular weight excluding hydrogens is 452 g/mol. The highest BCUT2D eigenvalue weighted by Gasteiger charge is 2.20. The Kier molecular flexibility index (Phi) is 6.16. The van der Waals surface area contributed by atoms with Crippen LogP contribution in [0.1, 0.15) is 25.7 Å². The lowest BCUT2D eigenvalue weighted by Gasteiger charge is -2.09. The Labute approximate surface area is 193 Å². The lowest BCUT2D eigenvalue weighted by atomic mass is 10.1. The first-order chi connectivity index (χ1) is 15.4. The molecule has 2 aromatic heterocycles. The summed E-state index contributed by atoms with van der Waals surface area (Å²) in [5, 5.41) is 6.02. The van der Waals surface area contributed by atoms with Crippen molar-refractivity contribution >= 4 is 44.9 Å². The van der Waals surface area contributed by atoms with Gasteiger partial charge in [0.2, 0.25) is 5.78 Å². The van der Waals surface area contributed by atoms with E-state index in [2.05, 4.69) is 5.10 Å². The van der Waals surface area contributed by atoms with Gasteiger partial charge in [-0.15, -0.1) is 11.3 Å². The second-order valence-corrected chi connectivity index (χ2v) is 8.34. The Morgan fingerprint density at radius 3 is 2.50 bits per heavy atom. The third-order valence-electron chi connectivity index (χ3n) is 4.86. The Bertz CT molecular complexity index is 1310. The maximum absolute atomic E-state index is 12.7. The molecule has 0 radical (unpaired) electrons. The van der Waals surface area contributed by atoms with Gasteiger partial charge in [-0.3, -0.25) is 4.79 Å². The number of nitrogens with zero attached hydrogens (tertiary/aromatic N) is 2. The summed E-state index contributed by atoms with van der Waals surface area (Å²) >= 11 is 7.23. The minimum Gasteiger partial charge on any atom is -0.497 e. The first-order valence-electron chi connectivity index (χ1n) is 9.58. The fourth-order valence-corrected chi connectivity index (χ4v) is 4.42. The maximum atomic E-state index is 12.7. The average Bonchev–Trinajstić information content (AvgIpc) is 3.38. The predicted octanol–water partition coefficient (Wildman–Crippen LogP) is 5.11. The van der Waals surface area contributed by atoms with Gasteiger partial charge in [0.1, 0.15) is 21.2 Å². The molecule has 0 saturated carbocycles. The summed E-state index contributed by atoms with van der Waals surface area (Å²) in [6.07, 6.45) is 0. The zero-order valence-corrected chi connectivity index (χ0v) is 19.1. The molecule has 0 fully saturated rings. The second kappa shape index (κ2) is 9.02. The Morgan fingerprint density at radius 2 is 1.81 bits per heavy atom. The number of rotatable bonds is 7. The molecule has 0 aliphatic rings. The molecule has 4 rings (SSSR count). The van der Waals surface area contributed by atoms with Crippen molar-refractivity contribution in [3.05, 3.63) is 69.7 Å². The Balaban J connectivity index is 1.54. The highest BCUT2D eigenvalue weighted by molar-refractivity contribution is 7.20. The van der Waals surface area contributed by atoms with E-state index in [1.165, 1.54) is 25.6 Å². The van der Waals surface area contributed by atoms with Crippen LogP contribution in [0.5, 0.6) is 11.5 Å². The number of esters is 1. The molecule has 0 spiro atoms. The lowest BCUT2D eigenvalue weighted by Crippen LogP contribution is -2.14. The van der Waals surface area contributed by atoms with Crippen LogP contribution in [0.2, 0.25) is 5.02 Å². The van der Waals surface area contributed by atoms with Crippen LogP contribution >= 0.6 is 22.9 Å². The quantitative estimate of drug-likeness (QED) is 0.276. The number of halogens is 1. The number of aryl methyl sites for hydroxylation is 1. The number of carbonyl (C=O) groups excluding carboxylic acids is 2. The number of carbonyl (C=O) groups is 2. The highest BCUT2D eigenvalue weighted by atomic mass is 35.5. The standard InChI is InChI=1S/C23H19ClN2O5S/c1-13-17-11-21(32-22(17)26(25-13)15-6-4-14(24)5-7-15)23(28)31-12-19(27)18-10-16(29-2)8-9-20(18)30-3/h4-11H,12H2,1-3H3. The number of Topliss-reactive ketones (excluding diaryl/α,β-unsaturated/α-hetero) is 1. The zero-order valence-electron chi connectivity index (χ0n) is 17.5. The van der Waals surface area contributed by atoms with E-state index in [1.54, 1.807) is 41.1 Å². The number of ether oxygens (including phenoxy) is 3. The smallest absolute Gasteiger partial charge is 0.348 e. The minimum absolute atomic E-state index is 0.283. The molecular formula is C23H19ClN2O5S. The molecule has 0 atom stereocenters. The van der Waals surface area contributed by atoms with Gasteiger partial charge in [0.05, 0.1) is 31.2 Å². The van der Waals surface area contributed by atoms with Gasteiger partial charge in [0.25, 0.3) is 0 Å². The minimum atomic E-state index is -0.580. The number of aromatic nitrogens is 2. The summed E-state index contributed by atoms with van der Waals surface area (Å²) in [6, 6.07) is 13.9. The van der Waals surface area contributed by atoms with Gasteiger partial charge in [-0.1, -0.05) is 11.6 Å². The molecule has 7 nitrogen and oxygen atoms in total. The van der Waals surface area contributed by atoms with E-state index in [0.717, 1.165) is 21.6 Å². The molecule has 2 heterocycles. The lowest BCUT2D eigenvalue weighted by molar-refractivity contribution is 0.0479. The van der Waals surface area contributed by atoms with Crippen molar-refractivity contribution in [3.8, 4) is 17.2 Å². The van der Waals surface area contributed by atoms with Crippen molar-refractivity contribution in [3.63, 3.8) is 0 Å². The second-order valence-electron chi connectivity index (χ2n) is 6.87. The molecule has 0 amide bonds. The van der Waals surface area contributed by atoms with Crippen molar-refractivity contribution in [1.29, 1.82) is 0 Å². The number of thiophene rings is 1. The summed E-state index contributed by atoms with van der Waals surface area (Å²) in [5.74, 6) is -0.0817. The van der Waals surface area contributed by atoms with Crippen molar-refractivity contribution in [2.75, 3.05) is 20.8 Å². The van der Waals surface area contributed by atoms with Crippen LogP contribution < -0.4 is 9.47 Å². The largest absolute Gasteiger partial charge is 0.497 e. The van der Waals surface area contributed by atoms with Crippen LogP contribution in [-0.2, 0) is 4.74 Å². The fraction of sp³-hybridized carbons (Fsp3) is 0.174. The summed E-state index contributed by atoms with van der Waals surface area (Å²) in [4.78, 5) is 26.5. The van der Waals surface area contributed by atoms with E-state index >= 15 is 0 Å². The Morgan fingerprint density at radius 1 is 1.06 bits per heavy atom. The van der Waals surface area contributed by atoms with Gasteiger partial charge in [-0.05, 0) is 55.5 Å². The molecule has 2 aromatic carbocycles. The van der Waals surface area contributed by atoms with Gasteiger partial charge in [0.15, 0.2) is 6.61 Å². The van der Waals surface area contributed by atoms with Crippen molar-refractivity contribution in [1.82, 2.24) is 9.78 Å². The first-order valence-corrected chi connectivity index (χ1v) is 10.8.